The minimum absolute atomic E-state index is 0.0658. The number of fused-ring (bicyclic) bond motifs is 1. The fourth-order valence-corrected chi connectivity index (χ4v) is 4.38. The van der Waals surface area contributed by atoms with E-state index in [1.807, 2.05) is 24.8 Å². The Morgan fingerprint density at radius 3 is 2.52 bits per heavy atom. The van der Waals surface area contributed by atoms with Gasteiger partial charge in [0.25, 0.3) is 0 Å². The SMILES string of the molecule is CC(C)C(=O)N1CCc2ccc(NS(=O)(=O)Cc3ccc(F)cc3)cc2C1. The summed E-state index contributed by atoms with van der Waals surface area (Å²) in [4.78, 5) is 14.0. The molecule has 0 unspecified atom stereocenters. The smallest absolute Gasteiger partial charge is 0.236 e. The lowest BCUT2D eigenvalue weighted by molar-refractivity contribution is -0.135. The van der Waals surface area contributed by atoms with Gasteiger partial charge in [0.05, 0.1) is 5.75 Å². The average Bonchev–Trinajstić information content (AvgIpc) is 2.61. The van der Waals surface area contributed by atoms with E-state index in [4.69, 9.17) is 0 Å². The van der Waals surface area contributed by atoms with Crippen LogP contribution in [0.3, 0.4) is 0 Å². The number of nitrogens with zero attached hydrogens (tertiary/aromatic N) is 1. The fourth-order valence-electron chi connectivity index (χ4n) is 3.19. The van der Waals surface area contributed by atoms with Crippen molar-refractivity contribution in [2.45, 2.75) is 32.6 Å². The molecule has 1 N–H and O–H groups in total. The van der Waals surface area contributed by atoms with E-state index in [0.29, 0.717) is 24.3 Å². The predicted molar refractivity (Wildman–Crippen MR) is 103 cm³/mol. The molecule has 7 heteroatoms. The normalized spacial score (nSPS) is 14.1. The largest absolute Gasteiger partial charge is 0.338 e. The van der Waals surface area contributed by atoms with Crippen LogP contribution in [0.1, 0.15) is 30.5 Å². The first-order chi connectivity index (χ1) is 12.7. The van der Waals surface area contributed by atoms with E-state index >= 15 is 0 Å². The first-order valence-electron chi connectivity index (χ1n) is 8.89. The van der Waals surface area contributed by atoms with Gasteiger partial charge in [-0.1, -0.05) is 32.0 Å². The molecule has 5 nitrogen and oxygen atoms in total. The van der Waals surface area contributed by atoms with Gasteiger partial charge in [0, 0.05) is 24.7 Å². The Hall–Kier alpha value is -2.41. The molecule has 0 aliphatic carbocycles. The van der Waals surface area contributed by atoms with Crippen molar-refractivity contribution in [2.24, 2.45) is 5.92 Å². The maximum absolute atomic E-state index is 13.0. The van der Waals surface area contributed by atoms with Crippen molar-refractivity contribution in [3.05, 3.63) is 65.0 Å². The van der Waals surface area contributed by atoms with Gasteiger partial charge in [-0.05, 0) is 47.4 Å². The Morgan fingerprint density at radius 1 is 1.15 bits per heavy atom. The molecule has 144 valence electrons. The maximum Gasteiger partial charge on any atom is 0.236 e. The second-order valence-electron chi connectivity index (χ2n) is 7.14. The molecule has 0 aromatic heterocycles. The first-order valence-corrected chi connectivity index (χ1v) is 10.5. The van der Waals surface area contributed by atoms with Crippen LogP contribution in [-0.4, -0.2) is 25.8 Å². The van der Waals surface area contributed by atoms with E-state index < -0.39 is 15.8 Å². The molecular weight excluding hydrogens is 367 g/mol. The molecule has 1 heterocycles. The molecule has 27 heavy (non-hydrogen) atoms. The third kappa shape index (κ3) is 4.86. The lowest BCUT2D eigenvalue weighted by Gasteiger charge is -2.30. The molecular formula is C20H23FN2O3S. The maximum atomic E-state index is 13.0. The van der Waals surface area contributed by atoms with Gasteiger partial charge in [0.1, 0.15) is 5.82 Å². The lowest BCUT2D eigenvalue weighted by atomic mass is 9.98. The third-order valence-corrected chi connectivity index (χ3v) is 5.83. The van der Waals surface area contributed by atoms with Crippen molar-refractivity contribution in [3.8, 4) is 0 Å². The Kier molecular flexibility index (Phi) is 5.51. The van der Waals surface area contributed by atoms with Gasteiger partial charge < -0.3 is 4.90 Å². The molecule has 0 radical (unpaired) electrons. The van der Waals surface area contributed by atoms with Crippen molar-refractivity contribution in [1.82, 2.24) is 4.90 Å². The minimum atomic E-state index is -3.62. The number of carbonyl (C=O) groups excluding carboxylic acids is 1. The molecule has 2 aromatic carbocycles. The van der Waals surface area contributed by atoms with Crippen molar-refractivity contribution >= 4 is 21.6 Å². The molecule has 0 bridgehead atoms. The predicted octanol–water partition coefficient (Wildman–Crippen LogP) is 3.31. The summed E-state index contributed by atoms with van der Waals surface area (Å²) < 4.78 is 40.4. The molecule has 0 saturated heterocycles. The number of sulfonamides is 1. The Balaban J connectivity index is 1.74. The van der Waals surface area contributed by atoms with Crippen LogP contribution < -0.4 is 4.72 Å². The van der Waals surface area contributed by atoms with Crippen LogP contribution in [0.4, 0.5) is 10.1 Å². The summed E-state index contributed by atoms with van der Waals surface area (Å²) in [6.07, 6.45) is 0.760. The number of hydrogen-bond donors (Lipinski definition) is 1. The molecule has 0 fully saturated rings. The summed E-state index contributed by atoms with van der Waals surface area (Å²) in [5.41, 5.74) is 3.06. The lowest BCUT2D eigenvalue weighted by Crippen LogP contribution is -2.38. The number of rotatable bonds is 5. The standard InChI is InChI=1S/C20H23FN2O3S/c1-14(2)20(24)23-10-9-16-5-8-19(11-17(16)12-23)22-27(25,26)13-15-3-6-18(21)7-4-15/h3-8,11,14,22H,9-10,12-13H2,1-2H3. The highest BCUT2D eigenvalue weighted by Gasteiger charge is 2.23. The van der Waals surface area contributed by atoms with Crippen LogP contribution in [-0.2, 0) is 33.5 Å². The van der Waals surface area contributed by atoms with Crippen LogP contribution in [0.5, 0.6) is 0 Å². The van der Waals surface area contributed by atoms with Crippen LogP contribution in [0, 0.1) is 11.7 Å². The van der Waals surface area contributed by atoms with E-state index in [1.165, 1.54) is 24.3 Å². The van der Waals surface area contributed by atoms with Crippen molar-refractivity contribution in [3.63, 3.8) is 0 Å². The Bertz CT molecular complexity index is 940. The van der Waals surface area contributed by atoms with Crippen LogP contribution in [0.2, 0.25) is 0 Å². The number of hydrogen-bond acceptors (Lipinski definition) is 3. The summed E-state index contributed by atoms with van der Waals surface area (Å²) in [5.74, 6) is -0.603. The zero-order valence-corrected chi connectivity index (χ0v) is 16.2. The van der Waals surface area contributed by atoms with Crippen molar-refractivity contribution in [2.75, 3.05) is 11.3 Å². The molecule has 1 amide bonds. The molecule has 0 atom stereocenters. The monoisotopic (exact) mass is 390 g/mol. The highest BCUT2D eigenvalue weighted by Crippen LogP contribution is 2.24. The Labute approximate surface area is 159 Å². The summed E-state index contributed by atoms with van der Waals surface area (Å²) in [6.45, 7) is 4.91. The summed E-state index contributed by atoms with van der Waals surface area (Å²) >= 11 is 0. The van der Waals surface area contributed by atoms with E-state index in [2.05, 4.69) is 4.72 Å². The fraction of sp³-hybridized carbons (Fsp3) is 0.350. The van der Waals surface area contributed by atoms with Gasteiger partial charge >= 0.3 is 0 Å². The third-order valence-electron chi connectivity index (χ3n) is 4.57. The second kappa shape index (κ2) is 7.68. The number of anilines is 1. The summed E-state index contributed by atoms with van der Waals surface area (Å²) in [7, 11) is -3.62. The van der Waals surface area contributed by atoms with E-state index in [1.54, 1.807) is 12.1 Å². The molecule has 0 spiro atoms. The zero-order valence-electron chi connectivity index (χ0n) is 15.4. The number of amides is 1. The average molecular weight is 390 g/mol. The summed E-state index contributed by atoms with van der Waals surface area (Å²) in [5, 5.41) is 0. The number of nitrogens with one attached hydrogen (secondary N) is 1. The van der Waals surface area contributed by atoms with E-state index in [-0.39, 0.29) is 17.6 Å². The molecule has 1 aliphatic rings. The van der Waals surface area contributed by atoms with Gasteiger partial charge in [-0.15, -0.1) is 0 Å². The van der Waals surface area contributed by atoms with Gasteiger partial charge in [-0.25, -0.2) is 12.8 Å². The van der Waals surface area contributed by atoms with Gasteiger partial charge in [0.15, 0.2) is 0 Å². The van der Waals surface area contributed by atoms with Gasteiger partial charge in [-0.3, -0.25) is 9.52 Å². The number of halogens is 1. The topological polar surface area (TPSA) is 66.5 Å². The minimum Gasteiger partial charge on any atom is -0.338 e. The summed E-state index contributed by atoms with van der Waals surface area (Å²) in [6, 6.07) is 10.8. The molecule has 0 saturated carbocycles. The van der Waals surface area contributed by atoms with Gasteiger partial charge in [0.2, 0.25) is 15.9 Å². The quantitative estimate of drug-likeness (QED) is 0.852. The number of benzene rings is 2. The molecule has 3 rings (SSSR count). The Morgan fingerprint density at radius 2 is 1.85 bits per heavy atom. The van der Waals surface area contributed by atoms with Crippen LogP contribution >= 0.6 is 0 Å². The van der Waals surface area contributed by atoms with E-state index in [9.17, 15) is 17.6 Å². The molecule has 2 aromatic rings. The second-order valence-corrected chi connectivity index (χ2v) is 8.86. The zero-order chi connectivity index (χ0) is 19.6. The van der Waals surface area contributed by atoms with Crippen LogP contribution in [0.25, 0.3) is 0 Å². The van der Waals surface area contributed by atoms with E-state index in [0.717, 1.165) is 17.5 Å². The first kappa shape index (κ1) is 19.4. The van der Waals surface area contributed by atoms with Crippen molar-refractivity contribution in [1.29, 1.82) is 0 Å². The van der Waals surface area contributed by atoms with Gasteiger partial charge in [-0.2, -0.15) is 0 Å². The molecule has 1 aliphatic heterocycles. The highest BCUT2D eigenvalue weighted by molar-refractivity contribution is 7.91. The van der Waals surface area contributed by atoms with Crippen molar-refractivity contribution < 1.29 is 17.6 Å². The van der Waals surface area contributed by atoms with Crippen LogP contribution in [0.15, 0.2) is 42.5 Å². The number of carbonyl (C=O) groups is 1. The highest BCUT2D eigenvalue weighted by atomic mass is 32.2.